The number of ether oxygens (including phenoxy) is 2. The van der Waals surface area contributed by atoms with Crippen LogP contribution in [0.4, 0.5) is 39.5 Å². The van der Waals surface area contributed by atoms with Crippen LogP contribution in [0.25, 0.3) is 6.08 Å². The minimum atomic E-state index is -6.53. The fourth-order valence-corrected chi connectivity index (χ4v) is 2.32. The van der Waals surface area contributed by atoms with Crippen LogP contribution in [0.15, 0.2) is 24.3 Å². The Bertz CT molecular complexity index is 786. The van der Waals surface area contributed by atoms with Gasteiger partial charge < -0.3 is 9.47 Å². The van der Waals surface area contributed by atoms with E-state index in [4.69, 9.17) is 4.74 Å². The summed E-state index contributed by atoms with van der Waals surface area (Å²) in [6.45, 7) is 1.04. The van der Waals surface area contributed by atoms with Crippen LogP contribution in [0.2, 0.25) is 0 Å². The molecule has 0 spiro atoms. The Hall–Kier alpha value is -2.40. The average Bonchev–Trinajstić information content (AvgIpc) is 2.59. The van der Waals surface area contributed by atoms with Crippen molar-refractivity contribution in [3.8, 4) is 5.75 Å². The van der Waals surface area contributed by atoms with Gasteiger partial charge in [0.25, 0.3) is 12.0 Å². The van der Waals surface area contributed by atoms with Gasteiger partial charge in [0.1, 0.15) is 5.75 Å². The lowest BCUT2D eigenvalue weighted by Gasteiger charge is -2.33. The molecule has 1 aliphatic heterocycles. The highest BCUT2D eigenvalue weighted by atomic mass is 19.4. The van der Waals surface area contributed by atoms with E-state index >= 15 is 0 Å². The first kappa shape index (κ1) is 21.9. The van der Waals surface area contributed by atoms with E-state index in [0.29, 0.717) is 18.2 Å². The molecule has 0 bridgehead atoms. The van der Waals surface area contributed by atoms with Gasteiger partial charge in [-0.05, 0) is 31.2 Å². The molecule has 0 aromatic heterocycles. The van der Waals surface area contributed by atoms with Gasteiger partial charge >= 0.3 is 24.0 Å². The van der Waals surface area contributed by atoms with Gasteiger partial charge in [0, 0.05) is 11.1 Å². The monoisotopic (exact) mass is 422 g/mol. The van der Waals surface area contributed by atoms with E-state index in [0.717, 1.165) is 0 Å². The van der Waals surface area contributed by atoms with E-state index in [2.05, 4.69) is 4.74 Å². The fraction of sp³-hybridized carbons (Fsp3) is 0.438. The standard InChI is InChI=1S/C16H11F9O3/c1-2-27-12(26)13(11(17)18)6-5-8-7-9(3-4-10(8)28-13)14(19,20)15(21,22)16(23,24)25/h3-7,11H,2H2,1H3. The number of esters is 1. The van der Waals surface area contributed by atoms with Crippen molar-refractivity contribution < 1.29 is 53.8 Å². The molecule has 12 heteroatoms. The van der Waals surface area contributed by atoms with Gasteiger partial charge in [0.15, 0.2) is 0 Å². The van der Waals surface area contributed by atoms with Gasteiger partial charge in [0.2, 0.25) is 0 Å². The minimum absolute atomic E-state index is 0.166. The van der Waals surface area contributed by atoms with Crippen LogP contribution in [0, 0.1) is 0 Å². The van der Waals surface area contributed by atoms with Crippen molar-refractivity contribution in [1.29, 1.82) is 0 Å². The number of benzene rings is 1. The zero-order valence-corrected chi connectivity index (χ0v) is 13.8. The first-order valence-electron chi connectivity index (χ1n) is 7.51. The molecule has 1 aliphatic rings. The van der Waals surface area contributed by atoms with Crippen molar-refractivity contribution in [3.05, 3.63) is 35.4 Å². The first-order chi connectivity index (χ1) is 12.7. The molecule has 0 amide bonds. The second-order valence-corrected chi connectivity index (χ2v) is 5.65. The van der Waals surface area contributed by atoms with Gasteiger partial charge in [-0.1, -0.05) is 6.08 Å². The van der Waals surface area contributed by atoms with E-state index in [1.165, 1.54) is 6.92 Å². The molecule has 0 saturated heterocycles. The summed E-state index contributed by atoms with van der Waals surface area (Å²) in [5, 5.41) is 0. The number of rotatable bonds is 5. The van der Waals surface area contributed by atoms with Gasteiger partial charge in [-0.15, -0.1) is 0 Å². The van der Waals surface area contributed by atoms with Crippen LogP contribution in [-0.2, 0) is 15.5 Å². The molecule has 2 rings (SSSR count). The van der Waals surface area contributed by atoms with Crippen LogP contribution < -0.4 is 4.74 Å². The first-order valence-corrected chi connectivity index (χ1v) is 7.51. The minimum Gasteiger partial charge on any atom is -0.465 e. The van der Waals surface area contributed by atoms with Crippen molar-refractivity contribution in [1.82, 2.24) is 0 Å². The smallest absolute Gasteiger partial charge is 0.460 e. The van der Waals surface area contributed by atoms with E-state index in [9.17, 15) is 44.3 Å². The lowest BCUT2D eigenvalue weighted by molar-refractivity contribution is -0.359. The lowest BCUT2D eigenvalue weighted by atomic mass is 9.94. The van der Waals surface area contributed by atoms with Gasteiger partial charge in [-0.25, -0.2) is 13.6 Å². The van der Waals surface area contributed by atoms with Crippen molar-refractivity contribution in [2.24, 2.45) is 0 Å². The van der Waals surface area contributed by atoms with E-state index < -0.39 is 52.9 Å². The third-order valence-electron chi connectivity index (χ3n) is 3.83. The van der Waals surface area contributed by atoms with Crippen LogP contribution >= 0.6 is 0 Å². The Labute approximate surface area is 151 Å². The van der Waals surface area contributed by atoms with Gasteiger partial charge in [-0.3, -0.25) is 0 Å². The molecule has 28 heavy (non-hydrogen) atoms. The summed E-state index contributed by atoms with van der Waals surface area (Å²) in [6, 6.07) is 0.885. The predicted molar refractivity (Wildman–Crippen MR) is 76.4 cm³/mol. The van der Waals surface area contributed by atoms with Crippen LogP contribution in [0.3, 0.4) is 0 Å². The number of halogens is 9. The molecule has 156 valence electrons. The maximum atomic E-state index is 13.8. The van der Waals surface area contributed by atoms with Crippen molar-refractivity contribution in [3.63, 3.8) is 0 Å². The second kappa shape index (κ2) is 6.89. The molecule has 0 fully saturated rings. The molecule has 1 aromatic rings. The normalized spacial score (nSPS) is 20.0. The molecule has 0 radical (unpaired) electrons. The third-order valence-corrected chi connectivity index (χ3v) is 3.83. The third kappa shape index (κ3) is 3.28. The number of hydrogen-bond donors (Lipinski definition) is 0. The molecular formula is C16H11F9O3. The van der Waals surface area contributed by atoms with Crippen LogP contribution in [0.5, 0.6) is 5.75 Å². The summed E-state index contributed by atoms with van der Waals surface area (Å²) in [7, 11) is 0. The van der Waals surface area contributed by atoms with Gasteiger partial charge in [-0.2, -0.15) is 30.7 Å². The summed E-state index contributed by atoms with van der Waals surface area (Å²) in [4.78, 5) is 11.8. The summed E-state index contributed by atoms with van der Waals surface area (Å²) < 4.78 is 127. The number of carbonyl (C=O) groups is 1. The molecule has 0 saturated carbocycles. The zero-order valence-electron chi connectivity index (χ0n) is 13.8. The number of hydrogen-bond acceptors (Lipinski definition) is 3. The number of carbonyl (C=O) groups excluding carboxylic acids is 1. The Morgan fingerprint density at radius 2 is 1.75 bits per heavy atom. The van der Waals surface area contributed by atoms with Crippen molar-refractivity contribution >= 4 is 12.0 Å². The molecule has 1 heterocycles. The molecule has 1 unspecified atom stereocenters. The lowest BCUT2D eigenvalue weighted by Crippen LogP contribution is -2.51. The summed E-state index contributed by atoms with van der Waals surface area (Å²) in [6.07, 6.45) is -8.85. The van der Waals surface area contributed by atoms with Gasteiger partial charge in [0.05, 0.1) is 6.61 Å². The largest absolute Gasteiger partial charge is 0.465 e. The Morgan fingerprint density at radius 3 is 2.25 bits per heavy atom. The zero-order chi connectivity index (χ0) is 21.5. The molecule has 1 aromatic carbocycles. The van der Waals surface area contributed by atoms with E-state index in [1.54, 1.807) is 0 Å². The maximum absolute atomic E-state index is 13.8. The number of fused-ring (bicyclic) bond motifs is 1. The average molecular weight is 422 g/mol. The van der Waals surface area contributed by atoms with Crippen LogP contribution in [0.1, 0.15) is 18.1 Å². The van der Waals surface area contributed by atoms with E-state index in [-0.39, 0.29) is 18.7 Å². The summed E-state index contributed by atoms with van der Waals surface area (Å²) >= 11 is 0. The molecule has 3 nitrogen and oxygen atoms in total. The SMILES string of the molecule is CCOC(=O)C1(C(F)F)C=Cc2cc(C(F)(F)C(F)(F)C(F)(F)F)ccc2O1. The Morgan fingerprint density at radius 1 is 1.14 bits per heavy atom. The molecular weight excluding hydrogens is 411 g/mol. The predicted octanol–water partition coefficient (Wildman–Crippen LogP) is 4.95. The van der Waals surface area contributed by atoms with E-state index in [1.807, 2.05) is 0 Å². The fourth-order valence-electron chi connectivity index (χ4n) is 2.32. The molecule has 1 atom stereocenters. The Kier molecular flexibility index (Phi) is 5.39. The second-order valence-electron chi connectivity index (χ2n) is 5.65. The van der Waals surface area contributed by atoms with Crippen molar-refractivity contribution in [2.75, 3.05) is 6.61 Å². The maximum Gasteiger partial charge on any atom is 0.460 e. The molecule has 0 N–H and O–H groups in total. The summed E-state index contributed by atoms with van der Waals surface area (Å²) in [5.41, 5.74) is -5.14. The van der Waals surface area contributed by atoms with Crippen molar-refractivity contribution in [2.45, 2.75) is 37.0 Å². The highest BCUT2D eigenvalue weighted by Gasteiger charge is 2.73. The quantitative estimate of drug-likeness (QED) is 0.498. The number of alkyl halides is 9. The highest BCUT2D eigenvalue weighted by Crippen LogP contribution is 2.52. The summed E-state index contributed by atoms with van der Waals surface area (Å²) in [5.74, 6) is -14.1. The van der Waals surface area contributed by atoms with Crippen LogP contribution in [-0.4, -0.2) is 36.7 Å². The topological polar surface area (TPSA) is 35.5 Å². The molecule has 0 aliphatic carbocycles. The highest BCUT2D eigenvalue weighted by molar-refractivity contribution is 5.86. The Balaban J connectivity index is 2.47.